The van der Waals surface area contributed by atoms with Crippen molar-refractivity contribution in [3.8, 4) is 0 Å². The number of carbonyl (C=O) groups is 2. The Morgan fingerprint density at radius 2 is 1.56 bits per heavy atom. The van der Waals surface area contributed by atoms with Gasteiger partial charge in [0.1, 0.15) is 0 Å². The van der Waals surface area contributed by atoms with Gasteiger partial charge in [-0.1, -0.05) is 11.6 Å². The van der Waals surface area contributed by atoms with Gasteiger partial charge in [-0.05, 0) is 55.4 Å². The van der Waals surface area contributed by atoms with Gasteiger partial charge < -0.3 is 14.9 Å². The second kappa shape index (κ2) is 6.52. The third kappa shape index (κ3) is 2.99. The molecule has 25 heavy (non-hydrogen) atoms. The zero-order valence-electron chi connectivity index (χ0n) is 14.1. The van der Waals surface area contributed by atoms with Gasteiger partial charge in [-0.2, -0.15) is 0 Å². The van der Waals surface area contributed by atoms with Gasteiger partial charge in [0.15, 0.2) is 0 Å². The summed E-state index contributed by atoms with van der Waals surface area (Å²) in [6, 6.07) is 7.74. The Morgan fingerprint density at radius 3 is 2.16 bits per heavy atom. The molecular formula is C19H23ClN2O3. The fourth-order valence-electron chi connectivity index (χ4n) is 5.05. The lowest BCUT2D eigenvalue weighted by atomic mass is 9.78. The first kappa shape index (κ1) is 16.7. The average molecular weight is 363 g/mol. The summed E-state index contributed by atoms with van der Waals surface area (Å²) in [6.07, 6.45) is 2.89. The molecule has 0 radical (unpaired) electrons. The van der Waals surface area contributed by atoms with Crippen molar-refractivity contribution in [1.82, 2.24) is 4.90 Å². The van der Waals surface area contributed by atoms with Crippen LogP contribution in [0.2, 0.25) is 5.02 Å². The number of benzene rings is 1. The van der Waals surface area contributed by atoms with Crippen LogP contribution in [-0.2, 0) is 9.59 Å². The molecule has 1 aromatic carbocycles. The van der Waals surface area contributed by atoms with Crippen molar-refractivity contribution < 1.29 is 14.7 Å². The van der Waals surface area contributed by atoms with Crippen LogP contribution < -0.4 is 4.90 Å². The van der Waals surface area contributed by atoms with Gasteiger partial charge in [0.2, 0.25) is 5.91 Å². The molecule has 1 saturated heterocycles. The van der Waals surface area contributed by atoms with Crippen LogP contribution >= 0.6 is 11.6 Å². The first-order valence-corrected chi connectivity index (χ1v) is 9.44. The SMILES string of the molecule is O=C(O)[C@H]1[C@H]2CC[C@H](C2)[C@H]1C(=O)N1CCN(c2ccc(Cl)cc2)CC1. The van der Waals surface area contributed by atoms with Crippen LogP contribution in [0.1, 0.15) is 19.3 Å². The molecule has 4 rings (SSSR count). The lowest BCUT2D eigenvalue weighted by Gasteiger charge is -2.39. The number of hydrogen-bond donors (Lipinski definition) is 1. The number of carboxylic acid groups (broad SMARTS) is 1. The minimum absolute atomic E-state index is 0.0651. The van der Waals surface area contributed by atoms with Gasteiger partial charge in [0, 0.05) is 36.9 Å². The van der Waals surface area contributed by atoms with E-state index in [9.17, 15) is 14.7 Å². The van der Waals surface area contributed by atoms with Crippen LogP contribution in [0.3, 0.4) is 0 Å². The molecule has 1 aromatic rings. The predicted molar refractivity (Wildman–Crippen MR) is 95.7 cm³/mol. The molecule has 1 heterocycles. The number of piperazine rings is 1. The van der Waals surface area contributed by atoms with Crippen LogP contribution in [0.25, 0.3) is 0 Å². The minimum Gasteiger partial charge on any atom is -0.481 e. The highest BCUT2D eigenvalue weighted by Crippen LogP contribution is 2.53. The summed E-state index contributed by atoms with van der Waals surface area (Å²) in [6.45, 7) is 2.85. The Hall–Kier alpha value is -1.75. The third-order valence-corrected chi connectivity index (χ3v) is 6.52. The van der Waals surface area contributed by atoms with Crippen molar-refractivity contribution >= 4 is 29.2 Å². The van der Waals surface area contributed by atoms with Gasteiger partial charge in [0.05, 0.1) is 11.8 Å². The molecule has 0 aromatic heterocycles. The van der Waals surface area contributed by atoms with Gasteiger partial charge in [-0.3, -0.25) is 9.59 Å². The van der Waals surface area contributed by atoms with Crippen LogP contribution in [0.4, 0.5) is 5.69 Å². The molecule has 1 aliphatic heterocycles. The van der Waals surface area contributed by atoms with E-state index in [2.05, 4.69) is 4.90 Å². The Kier molecular flexibility index (Phi) is 4.36. The van der Waals surface area contributed by atoms with E-state index in [1.807, 2.05) is 29.2 Å². The van der Waals surface area contributed by atoms with Crippen LogP contribution in [0.5, 0.6) is 0 Å². The molecule has 6 heteroatoms. The number of rotatable bonds is 3. The zero-order valence-corrected chi connectivity index (χ0v) is 14.9. The fourth-order valence-corrected chi connectivity index (χ4v) is 5.18. The Bertz CT molecular complexity index is 670. The largest absolute Gasteiger partial charge is 0.481 e. The van der Waals surface area contributed by atoms with Gasteiger partial charge >= 0.3 is 5.97 Å². The Morgan fingerprint density at radius 1 is 0.960 bits per heavy atom. The molecular weight excluding hydrogens is 340 g/mol. The standard InChI is InChI=1S/C19H23ClN2O3/c20-14-3-5-15(6-4-14)21-7-9-22(10-8-21)18(23)16-12-1-2-13(11-12)17(16)19(24)25/h3-6,12-13,16-17H,1-2,7-11H2,(H,24,25)/t12-,13+,16-,17+/m1/s1. The normalized spacial score (nSPS) is 31.4. The minimum atomic E-state index is -0.787. The number of halogens is 1. The Balaban J connectivity index is 1.41. The van der Waals surface area contributed by atoms with Crippen LogP contribution in [0, 0.1) is 23.7 Å². The first-order valence-electron chi connectivity index (χ1n) is 9.06. The number of hydrogen-bond acceptors (Lipinski definition) is 3. The molecule has 134 valence electrons. The summed E-state index contributed by atoms with van der Waals surface area (Å²) in [4.78, 5) is 28.8. The van der Waals surface area contributed by atoms with Crippen LogP contribution in [0.15, 0.2) is 24.3 Å². The molecule has 0 spiro atoms. The summed E-state index contributed by atoms with van der Waals surface area (Å²) < 4.78 is 0. The highest BCUT2D eigenvalue weighted by molar-refractivity contribution is 6.30. The van der Waals surface area contributed by atoms with E-state index in [1.54, 1.807) is 0 Å². The van der Waals surface area contributed by atoms with E-state index in [0.717, 1.165) is 38.0 Å². The van der Waals surface area contributed by atoms with E-state index in [4.69, 9.17) is 11.6 Å². The van der Waals surface area contributed by atoms with Crippen molar-refractivity contribution in [2.45, 2.75) is 19.3 Å². The summed E-state index contributed by atoms with van der Waals surface area (Å²) in [5.41, 5.74) is 1.11. The Labute approximate surface area is 152 Å². The average Bonchev–Trinajstić information content (AvgIpc) is 3.23. The lowest BCUT2D eigenvalue weighted by molar-refractivity contribution is -0.153. The highest BCUT2D eigenvalue weighted by Gasteiger charge is 2.54. The summed E-state index contributed by atoms with van der Waals surface area (Å²) in [5.74, 6) is -1.03. The molecule has 1 amide bonds. The fraction of sp³-hybridized carbons (Fsp3) is 0.579. The lowest BCUT2D eigenvalue weighted by Crippen LogP contribution is -2.52. The van der Waals surface area contributed by atoms with Gasteiger partial charge in [-0.25, -0.2) is 0 Å². The maximum atomic E-state index is 13.0. The van der Waals surface area contributed by atoms with Gasteiger partial charge in [0.25, 0.3) is 0 Å². The molecule has 2 bridgehead atoms. The topological polar surface area (TPSA) is 60.9 Å². The molecule has 1 N–H and O–H groups in total. The summed E-state index contributed by atoms with van der Waals surface area (Å²) >= 11 is 5.94. The molecule has 3 fully saturated rings. The molecule has 4 atom stereocenters. The third-order valence-electron chi connectivity index (χ3n) is 6.27. The maximum Gasteiger partial charge on any atom is 0.307 e. The van der Waals surface area contributed by atoms with Crippen molar-refractivity contribution in [3.05, 3.63) is 29.3 Å². The number of aliphatic carboxylic acids is 1. The number of fused-ring (bicyclic) bond motifs is 2. The monoisotopic (exact) mass is 362 g/mol. The number of carboxylic acids is 1. The van der Waals surface area contributed by atoms with Crippen molar-refractivity contribution in [2.24, 2.45) is 23.7 Å². The number of carbonyl (C=O) groups excluding carboxylic acids is 1. The summed E-state index contributed by atoms with van der Waals surface area (Å²) in [7, 11) is 0. The molecule has 3 aliphatic rings. The van der Waals surface area contributed by atoms with E-state index >= 15 is 0 Å². The molecule has 2 aliphatic carbocycles. The van der Waals surface area contributed by atoms with E-state index < -0.39 is 11.9 Å². The maximum absolute atomic E-state index is 13.0. The summed E-state index contributed by atoms with van der Waals surface area (Å²) in [5, 5.41) is 10.3. The van der Waals surface area contributed by atoms with E-state index in [1.165, 1.54) is 0 Å². The highest BCUT2D eigenvalue weighted by atomic mass is 35.5. The van der Waals surface area contributed by atoms with Crippen molar-refractivity contribution in [3.63, 3.8) is 0 Å². The smallest absolute Gasteiger partial charge is 0.307 e. The van der Waals surface area contributed by atoms with E-state index in [0.29, 0.717) is 18.1 Å². The quantitative estimate of drug-likeness (QED) is 0.898. The second-order valence-electron chi connectivity index (χ2n) is 7.51. The zero-order chi connectivity index (χ0) is 17.6. The van der Waals surface area contributed by atoms with Crippen molar-refractivity contribution in [1.29, 1.82) is 0 Å². The first-order chi connectivity index (χ1) is 12.0. The number of amides is 1. The molecule has 2 saturated carbocycles. The van der Waals surface area contributed by atoms with Gasteiger partial charge in [-0.15, -0.1) is 0 Å². The van der Waals surface area contributed by atoms with Crippen molar-refractivity contribution in [2.75, 3.05) is 31.1 Å². The van der Waals surface area contributed by atoms with E-state index in [-0.39, 0.29) is 23.7 Å². The number of anilines is 1. The molecule has 0 unspecified atom stereocenters. The number of nitrogens with zero attached hydrogens (tertiary/aromatic N) is 2. The molecule has 5 nitrogen and oxygen atoms in total. The van der Waals surface area contributed by atoms with Crippen LogP contribution in [-0.4, -0.2) is 48.1 Å². The predicted octanol–water partition coefficient (Wildman–Crippen LogP) is 2.74. The second-order valence-corrected chi connectivity index (χ2v) is 7.95.